The van der Waals surface area contributed by atoms with Gasteiger partial charge in [0.25, 0.3) is 5.69 Å². The number of aryl methyl sites for hydroxylation is 1. The van der Waals surface area contributed by atoms with Crippen LogP contribution in [-0.2, 0) is 6.42 Å². The molecule has 1 atom stereocenters. The molecular formula is C25H26ClFN2O2. The molecule has 0 bridgehead atoms. The highest BCUT2D eigenvalue weighted by Gasteiger charge is 2.27. The zero-order valence-electron chi connectivity index (χ0n) is 17.6. The number of rotatable bonds is 6. The van der Waals surface area contributed by atoms with Gasteiger partial charge in [0.2, 0.25) is 0 Å². The summed E-state index contributed by atoms with van der Waals surface area (Å²) < 4.78 is 13.8. The maximum atomic E-state index is 13.8. The van der Waals surface area contributed by atoms with Gasteiger partial charge in [-0.15, -0.1) is 0 Å². The Balaban J connectivity index is 1.38. The molecule has 0 unspecified atom stereocenters. The number of hydrogen-bond acceptors (Lipinski definition) is 3. The molecule has 1 heterocycles. The molecule has 0 amide bonds. The number of halogens is 2. The highest BCUT2D eigenvalue weighted by Crippen LogP contribution is 2.41. The monoisotopic (exact) mass is 440 g/mol. The summed E-state index contributed by atoms with van der Waals surface area (Å²) in [6, 6.07) is 11.8. The minimum atomic E-state index is -0.348. The lowest BCUT2D eigenvalue weighted by Gasteiger charge is -2.33. The molecule has 162 valence electrons. The van der Waals surface area contributed by atoms with Gasteiger partial charge in [0.1, 0.15) is 5.82 Å². The molecule has 0 spiro atoms. The molecule has 1 aromatic heterocycles. The maximum absolute atomic E-state index is 13.8. The summed E-state index contributed by atoms with van der Waals surface area (Å²) in [5.74, 6) is 1.30. The van der Waals surface area contributed by atoms with Crippen LogP contribution in [0.25, 0.3) is 10.9 Å². The van der Waals surface area contributed by atoms with Gasteiger partial charge in [-0.05, 0) is 92.2 Å². The number of nitrogens with zero attached hydrogens (tertiary/aromatic N) is 2. The Morgan fingerprint density at radius 1 is 1.16 bits per heavy atom. The number of nitro benzene ring substituents is 1. The molecule has 6 heteroatoms. The van der Waals surface area contributed by atoms with E-state index in [2.05, 4.69) is 11.9 Å². The van der Waals surface area contributed by atoms with Gasteiger partial charge >= 0.3 is 0 Å². The lowest BCUT2D eigenvalue weighted by Crippen LogP contribution is -2.20. The van der Waals surface area contributed by atoms with Crippen molar-refractivity contribution in [3.8, 4) is 0 Å². The average Bonchev–Trinajstić information content (AvgIpc) is 2.77. The Morgan fingerprint density at radius 3 is 2.68 bits per heavy atom. The standard InChI is InChI=1S/C25H26ClFN2O2/c1-16(2-3-19-8-9-20(26)14-25(19)29(30)31)17-4-6-18(7-5-17)22-12-13-28-24-11-10-21(27)15-23(22)24/h8-18H,2-7H2,1H3/t16-,17?,18?/m0/s1. The topological polar surface area (TPSA) is 56.0 Å². The minimum Gasteiger partial charge on any atom is -0.258 e. The van der Waals surface area contributed by atoms with Gasteiger partial charge in [-0.25, -0.2) is 4.39 Å². The van der Waals surface area contributed by atoms with Crippen LogP contribution in [0.1, 0.15) is 56.1 Å². The fraction of sp³-hybridized carbons (Fsp3) is 0.400. The summed E-state index contributed by atoms with van der Waals surface area (Å²) in [6.45, 7) is 2.25. The van der Waals surface area contributed by atoms with Crippen LogP contribution in [0.3, 0.4) is 0 Å². The summed E-state index contributed by atoms with van der Waals surface area (Å²) in [7, 11) is 0. The number of nitro groups is 1. The average molecular weight is 441 g/mol. The van der Waals surface area contributed by atoms with E-state index in [1.165, 1.54) is 17.7 Å². The van der Waals surface area contributed by atoms with E-state index in [9.17, 15) is 14.5 Å². The molecule has 4 nitrogen and oxygen atoms in total. The molecule has 1 saturated carbocycles. The third-order valence-electron chi connectivity index (χ3n) is 6.87. The summed E-state index contributed by atoms with van der Waals surface area (Å²) in [4.78, 5) is 15.4. The van der Waals surface area contributed by atoms with E-state index >= 15 is 0 Å². The van der Waals surface area contributed by atoms with Crippen LogP contribution in [0, 0.1) is 27.8 Å². The first-order chi connectivity index (χ1) is 14.9. The normalized spacial score (nSPS) is 20.0. The van der Waals surface area contributed by atoms with E-state index in [1.807, 2.05) is 12.3 Å². The number of pyridine rings is 1. The Hall–Kier alpha value is -2.53. The quantitative estimate of drug-likeness (QED) is 0.295. The van der Waals surface area contributed by atoms with E-state index in [0.717, 1.165) is 48.6 Å². The van der Waals surface area contributed by atoms with Crippen molar-refractivity contribution in [2.45, 2.75) is 51.4 Å². The fourth-order valence-electron chi connectivity index (χ4n) is 5.03. The van der Waals surface area contributed by atoms with Gasteiger partial charge < -0.3 is 0 Å². The van der Waals surface area contributed by atoms with Crippen LogP contribution in [0.2, 0.25) is 5.02 Å². The highest BCUT2D eigenvalue weighted by atomic mass is 35.5. The Kier molecular flexibility index (Phi) is 6.51. The maximum Gasteiger partial charge on any atom is 0.274 e. The van der Waals surface area contributed by atoms with Crippen LogP contribution in [-0.4, -0.2) is 9.91 Å². The molecule has 1 aliphatic carbocycles. The second-order valence-electron chi connectivity index (χ2n) is 8.72. The predicted molar refractivity (Wildman–Crippen MR) is 122 cm³/mol. The van der Waals surface area contributed by atoms with E-state index < -0.39 is 0 Å². The molecule has 1 aliphatic rings. The molecule has 31 heavy (non-hydrogen) atoms. The third kappa shape index (κ3) is 4.87. The minimum absolute atomic E-state index is 0.111. The zero-order chi connectivity index (χ0) is 22.0. The van der Waals surface area contributed by atoms with Crippen LogP contribution >= 0.6 is 11.6 Å². The van der Waals surface area contributed by atoms with Gasteiger partial charge in [-0.3, -0.25) is 15.1 Å². The fourth-order valence-corrected chi connectivity index (χ4v) is 5.20. The summed E-state index contributed by atoms with van der Waals surface area (Å²) in [5, 5.41) is 12.6. The Morgan fingerprint density at radius 2 is 1.94 bits per heavy atom. The second kappa shape index (κ2) is 9.31. The van der Waals surface area contributed by atoms with Gasteiger partial charge in [-0.2, -0.15) is 0 Å². The summed E-state index contributed by atoms with van der Waals surface area (Å²) in [6.07, 6.45) is 7.81. The first kappa shape index (κ1) is 21.7. The predicted octanol–water partition coefficient (Wildman–Crippen LogP) is 7.48. The van der Waals surface area contributed by atoms with Crippen LogP contribution in [0.15, 0.2) is 48.7 Å². The molecule has 0 N–H and O–H groups in total. The zero-order valence-corrected chi connectivity index (χ0v) is 18.3. The van der Waals surface area contributed by atoms with Gasteiger partial charge in [0.15, 0.2) is 0 Å². The molecular weight excluding hydrogens is 415 g/mol. The largest absolute Gasteiger partial charge is 0.274 e. The van der Waals surface area contributed by atoms with Crippen molar-refractivity contribution in [1.82, 2.24) is 4.98 Å². The molecule has 0 radical (unpaired) electrons. The van der Waals surface area contributed by atoms with E-state index in [4.69, 9.17) is 11.6 Å². The van der Waals surface area contributed by atoms with Crippen LogP contribution in [0.5, 0.6) is 0 Å². The first-order valence-electron chi connectivity index (χ1n) is 10.9. The van der Waals surface area contributed by atoms with Crippen LogP contribution < -0.4 is 0 Å². The van der Waals surface area contributed by atoms with Crippen molar-refractivity contribution in [1.29, 1.82) is 0 Å². The van der Waals surface area contributed by atoms with Crippen molar-refractivity contribution in [3.63, 3.8) is 0 Å². The SMILES string of the molecule is C[C@@H](CCc1ccc(Cl)cc1[N+](=O)[O-])C1CCC(c2ccnc3ccc(F)cc23)CC1. The molecule has 3 aromatic rings. The van der Waals surface area contributed by atoms with E-state index in [-0.39, 0.29) is 16.4 Å². The Labute approximate surface area is 186 Å². The van der Waals surface area contributed by atoms with Crippen molar-refractivity contribution in [3.05, 3.63) is 80.7 Å². The van der Waals surface area contributed by atoms with Crippen molar-refractivity contribution in [2.75, 3.05) is 0 Å². The number of fused-ring (bicyclic) bond motifs is 1. The number of aromatic nitrogens is 1. The van der Waals surface area contributed by atoms with Crippen molar-refractivity contribution < 1.29 is 9.31 Å². The van der Waals surface area contributed by atoms with Crippen LogP contribution in [0.4, 0.5) is 10.1 Å². The molecule has 0 aliphatic heterocycles. The lowest BCUT2D eigenvalue weighted by molar-refractivity contribution is -0.385. The van der Waals surface area contributed by atoms with Gasteiger partial charge in [0, 0.05) is 28.2 Å². The Bertz CT molecular complexity index is 1100. The third-order valence-corrected chi connectivity index (χ3v) is 7.10. The first-order valence-corrected chi connectivity index (χ1v) is 11.3. The highest BCUT2D eigenvalue weighted by molar-refractivity contribution is 6.30. The van der Waals surface area contributed by atoms with Crippen molar-refractivity contribution >= 4 is 28.2 Å². The van der Waals surface area contributed by atoms with E-state index in [1.54, 1.807) is 24.3 Å². The molecule has 0 saturated heterocycles. The number of hydrogen-bond donors (Lipinski definition) is 0. The second-order valence-corrected chi connectivity index (χ2v) is 9.16. The van der Waals surface area contributed by atoms with E-state index in [0.29, 0.717) is 29.2 Å². The van der Waals surface area contributed by atoms with Gasteiger partial charge in [0.05, 0.1) is 10.4 Å². The lowest BCUT2D eigenvalue weighted by atomic mass is 9.72. The molecule has 1 fully saturated rings. The van der Waals surface area contributed by atoms with Gasteiger partial charge in [-0.1, -0.05) is 24.6 Å². The molecule has 4 rings (SSSR count). The molecule has 2 aromatic carbocycles. The summed E-state index contributed by atoms with van der Waals surface area (Å²) >= 11 is 5.93. The smallest absolute Gasteiger partial charge is 0.258 e. The number of benzene rings is 2. The summed E-state index contributed by atoms with van der Waals surface area (Å²) in [5.41, 5.74) is 2.91. The van der Waals surface area contributed by atoms with Crippen molar-refractivity contribution in [2.24, 2.45) is 11.8 Å².